The van der Waals surface area contributed by atoms with Crippen molar-refractivity contribution < 1.29 is 0 Å². The highest BCUT2D eigenvalue weighted by molar-refractivity contribution is 9.09. The Bertz CT molecular complexity index is 532. The van der Waals surface area contributed by atoms with E-state index in [2.05, 4.69) is 37.0 Å². The number of aryl methyl sites for hydroxylation is 1. The number of rotatable bonds is 4. The minimum Gasteiger partial charge on any atom is -0.351 e. The fourth-order valence-electron chi connectivity index (χ4n) is 2.19. The molecule has 0 atom stereocenters. The molecule has 1 aliphatic carbocycles. The molecule has 1 saturated carbocycles. The average molecular weight is 295 g/mol. The number of nitrogens with zero attached hydrogens (tertiary/aromatic N) is 4. The summed E-state index contributed by atoms with van der Waals surface area (Å²) in [5, 5.41) is 5.41. The van der Waals surface area contributed by atoms with Gasteiger partial charge in [0.1, 0.15) is 5.52 Å². The highest BCUT2D eigenvalue weighted by Crippen LogP contribution is 2.32. The van der Waals surface area contributed by atoms with Gasteiger partial charge in [-0.1, -0.05) is 15.9 Å². The molecule has 4 nitrogen and oxygen atoms in total. The first-order valence-electron chi connectivity index (χ1n) is 5.93. The molecular weight excluding hydrogens is 280 g/mol. The molecule has 2 heterocycles. The summed E-state index contributed by atoms with van der Waals surface area (Å²) in [5.74, 6) is 1.06. The Balaban J connectivity index is 2.07. The predicted octanol–water partition coefficient (Wildman–Crippen LogP) is 2.40. The minimum atomic E-state index is 0.668. The first-order valence-corrected chi connectivity index (χ1v) is 7.05. The molecule has 0 N–H and O–H groups in total. The molecule has 2 aromatic rings. The first-order chi connectivity index (χ1) is 8.29. The van der Waals surface area contributed by atoms with E-state index in [1.165, 1.54) is 12.8 Å². The third kappa shape index (κ3) is 2.04. The van der Waals surface area contributed by atoms with Crippen molar-refractivity contribution in [3.05, 3.63) is 24.2 Å². The van der Waals surface area contributed by atoms with Gasteiger partial charge in [0.05, 0.1) is 5.69 Å². The molecule has 0 spiro atoms. The number of fused-ring (bicyclic) bond motifs is 1. The van der Waals surface area contributed by atoms with E-state index in [4.69, 9.17) is 0 Å². The molecule has 2 aromatic heterocycles. The Labute approximate surface area is 109 Å². The molecule has 1 fully saturated rings. The molecule has 90 valence electrons. The van der Waals surface area contributed by atoms with E-state index in [1.807, 2.05) is 23.8 Å². The van der Waals surface area contributed by atoms with Gasteiger partial charge in [0.2, 0.25) is 0 Å². The zero-order valence-corrected chi connectivity index (χ0v) is 11.4. The second-order valence-electron chi connectivity index (χ2n) is 4.48. The van der Waals surface area contributed by atoms with E-state index in [0.717, 1.165) is 28.9 Å². The zero-order chi connectivity index (χ0) is 11.8. The topological polar surface area (TPSA) is 33.4 Å². The molecule has 0 amide bonds. The Morgan fingerprint density at radius 2 is 2.35 bits per heavy atom. The second kappa shape index (κ2) is 4.29. The van der Waals surface area contributed by atoms with Crippen LogP contribution in [0.3, 0.4) is 0 Å². The molecule has 0 saturated heterocycles. The van der Waals surface area contributed by atoms with Crippen LogP contribution < -0.4 is 4.90 Å². The van der Waals surface area contributed by atoms with Crippen LogP contribution in [0.15, 0.2) is 18.5 Å². The number of anilines is 1. The van der Waals surface area contributed by atoms with Gasteiger partial charge < -0.3 is 4.90 Å². The Morgan fingerprint density at radius 1 is 1.53 bits per heavy atom. The van der Waals surface area contributed by atoms with Crippen LogP contribution in [-0.2, 0) is 0 Å². The number of hydrogen-bond donors (Lipinski definition) is 0. The van der Waals surface area contributed by atoms with Gasteiger partial charge in [-0.3, -0.25) is 0 Å². The van der Waals surface area contributed by atoms with E-state index < -0.39 is 0 Å². The van der Waals surface area contributed by atoms with Crippen LogP contribution in [0, 0.1) is 6.92 Å². The first kappa shape index (κ1) is 11.0. The maximum atomic E-state index is 4.54. The molecule has 0 bridgehead atoms. The SMILES string of the molecule is Cc1cc2c(N(CCBr)C3CC3)nccn2n1. The van der Waals surface area contributed by atoms with Crippen LogP contribution in [0.1, 0.15) is 18.5 Å². The van der Waals surface area contributed by atoms with Gasteiger partial charge in [0.25, 0.3) is 0 Å². The third-order valence-electron chi connectivity index (χ3n) is 3.08. The monoisotopic (exact) mass is 294 g/mol. The van der Waals surface area contributed by atoms with Gasteiger partial charge in [0.15, 0.2) is 5.82 Å². The molecule has 0 aromatic carbocycles. The lowest BCUT2D eigenvalue weighted by Crippen LogP contribution is -2.29. The summed E-state index contributed by atoms with van der Waals surface area (Å²) in [6.45, 7) is 3.02. The lowest BCUT2D eigenvalue weighted by Gasteiger charge is -2.22. The largest absolute Gasteiger partial charge is 0.351 e. The van der Waals surface area contributed by atoms with Gasteiger partial charge in [-0.15, -0.1) is 0 Å². The summed E-state index contributed by atoms with van der Waals surface area (Å²) in [5.41, 5.74) is 2.15. The van der Waals surface area contributed by atoms with Crippen molar-refractivity contribution in [2.45, 2.75) is 25.8 Å². The highest BCUT2D eigenvalue weighted by atomic mass is 79.9. The average Bonchev–Trinajstić information content (AvgIpc) is 3.07. The minimum absolute atomic E-state index is 0.668. The number of aromatic nitrogens is 3. The van der Waals surface area contributed by atoms with Crippen LogP contribution in [-0.4, -0.2) is 32.5 Å². The van der Waals surface area contributed by atoms with E-state index in [0.29, 0.717) is 6.04 Å². The fourth-order valence-corrected chi connectivity index (χ4v) is 2.57. The van der Waals surface area contributed by atoms with Gasteiger partial charge in [-0.05, 0) is 25.8 Å². The number of alkyl halides is 1. The summed E-state index contributed by atoms with van der Waals surface area (Å²) < 4.78 is 1.92. The lowest BCUT2D eigenvalue weighted by molar-refractivity contribution is 0.808. The highest BCUT2D eigenvalue weighted by Gasteiger charge is 2.30. The maximum absolute atomic E-state index is 4.54. The van der Waals surface area contributed by atoms with Crippen LogP contribution in [0.4, 0.5) is 5.82 Å². The van der Waals surface area contributed by atoms with Crippen molar-refractivity contribution in [2.24, 2.45) is 0 Å². The summed E-state index contributed by atoms with van der Waals surface area (Å²) in [6, 6.07) is 2.77. The Kier molecular flexibility index (Phi) is 2.78. The smallest absolute Gasteiger partial charge is 0.154 e. The van der Waals surface area contributed by atoms with Gasteiger partial charge >= 0.3 is 0 Å². The van der Waals surface area contributed by atoms with E-state index in [9.17, 15) is 0 Å². The van der Waals surface area contributed by atoms with Crippen molar-refractivity contribution in [1.82, 2.24) is 14.6 Å². The summed E-state index contributed by atoms with van der Waals surface area (Å²) in [4.78, 5) is 6.94. The predicted molar refractivity (Wildman–Crippen MR) is 71.9 cm³/mol. The summed E-state index contributed by atoms with van der Waals surface area (Å²) in [7, 11) is 0. The molecule has 0 radical (unpaired) electrons. The van der Waals surface area contributed by atoms with Gasteiger partial charge in [-0.2, -0.15) is 5.10 Å². The maximum Gasteiger partial charge on any atom is 0.154 e. The van der Waals surface area contributed by atoms with E-state index in [1.54, 1.807) is 0 Å². The fraction of sp³-hybridized carbons (Fsp3) is 0.500. The quantitative estimate of drug-likeness (QED) is 0.812. The summed E-state index contributed by atoms with van der Waals surface area (Å²) >= 11 is 3.52. The van der Waals surface area contributed by atoms with E-state index in [-0.39, 0.29) is 0 Å². The molecule has 17 heavy (non-hydrogen) atoms. The van der Waals surface area contributed by atoms with Crippen molar-refractivity contribution in [3.63, 3.8) is 0 Å². The molecule has 0 aliphatic heterocycles. The van der Waals surface area contributed by atoms with Gasteiger partial charge in [-0.25, -0.2) is 9.50 Å². The van der Waals surface area contributed by atoms with E-state index >= 15 is 0 Å². The van der Waals surface area contributed by atoms with Gasteiger partial charge in [0, 0.05) is 30.3 Å². The van der Waals surface area contributed by atoms with Crippen LogP contribution >= 0.6 is 15.9 Å². The van der Waals surface area contributed by atoms with Crippen LogP contribution in [0.2, 0.25) is 0 Å². The number of halogens is 1. The normalized spacial score (nSPS) is 15.4. The molecule has 3 rings (SSSR count). The molecule has 1 aliphatic rings. The Hall–Kier alpha value is -1.10. The standard InChI is InChI=1S/C12H15BrN4/c1-9-8-11-12(14-5-7-17(11)15-9)16(6-4-13)10-2-3-10/h5,7-8,10H,2-4,6H2,1H3. The van der Waals surface area contributed by atoms with Crippen molar-refractivity contribution in [1.29, 1.82) is 0 Å². The van der Waals surface area contributed by atoms with Crippen LogP contribution in [0.25, 0.3) is 5.52 Å². The third-order valence-corrected chi connectivity index (χ3v) is 3.43. The van der Waals surface area contributed by atoms with Crippen molar-refractivity contribution in [3.8, 4) is 0 Å². The second-order valence-corrected chi connectivity index (χ2v) is 5.27. The molecular formula is C12H15BrN4. The summed E-state index contributed by atoms with van der Waals surface area (Å²) in [6.07, 6.45) is 6.30. The lowest BCUT2D eigenvalue weighted by atomic mass is 10.3. The zero-order valence-electron chi connectivity index (χ0n) is 9.80. The van der Waals surface area contributed by atoms with Crippen LogP contribution in [0.5, 0.6) is 0 Å². The van der Waals surface area contributed by atoms with Crippen molar-refractivity contribution >= 4 is 27.3 Å². The molecule has 5 heteroatoms. The Morgan fingerprint density at radius 3 is 3.06 bits per heavy atom. The molecule has 0 unspecified atom stereocenters. The van der Waals surface area contributed by atoms with Crippen molar-refractivity contribution in [2.75, 3.05) is 16.8 Å². The number of hydrogen-bond acceptors (Lipinski definition) is 3.